The first-order chi connectivity index (χ1) is 16.9. The number of carbonyl (C=O) groups excluding carboxylic acids is 1. The number of nitrogens with zero attached hydrogens (tertiary/aromatic N) is 2. The Kier molecular flexibility index (Phi) is 8.17. The SMILES string of the molecule is O=C(N/N=C\c1ccccc1OCc1ccccc1)C1CCN(S(=O)(=O)c2ccc(Cl)cc2)CC1. The van der Waals surface area contributed by atoms with Gasteiger partial charge in [-0.1, -0.05) is 54.1 Å². The summed E-state index contributed by atoms with van der Waals surface area (Å²) in [5.74, 6) is 0.121. The minimum atomic E-state index is -3.61. The lowest BCUT2D eigenvalue weighted by Crippen LogP contribution is -2.42. The van der Waals surface area contributed by atoms with Crippen molar-refractivity contribution in [3.63, 3.8) is 0 Å². The van der Waals surface area contributed by atoms with Crippen LogP contribution in [0.5, 0.6) is 5.75 Å². The first-order valence-electron chi connectivity index (χ1n) is 11.3. The summed E-state index contributed by atoms with van der Waals surface area (Å²) in [6.07, 6.45) is 2.40. The number of carbonyl (C=O) groups is 1. The molecule has 0 bridgehead atoms. The van der Waals surface area contributed by atoms with E-state index in [0.717, 1.165) is 11.1 Å². The predicted molar refractivity (Wildman–Crippen MR) is 136 cm³/mol. The van der Waals surface area contributed by atoms with Crippen LogP contribution in [0.2, 0.25) is 5.02 Å². The molecule has 7 nitrogen and oxygen atoms in total. The summed E-state index contributed by atoms with van der Waals surface area (Å²) in [5.41, 5.74) is 4.38. The van der Waals surface area contributed by atoms with Gasteiger partial charge in [0.25, 0.3) is 0 Å². The summed E-state index contributed by atoms with van der Waals surface area (Å²) < 4.78 is 33.0. The standard InChI is InChI=1S/C26H26ClN3O4S/c27-23-10-12-24(13-11-23)35(32,33)30-16-14-21(15-17-30)26(31)29-28-18-22-8-4-5-9-25(22)34-19-20-6-2-1-3-7-20/h1-13,18,21H,14-17,19H2,(H,29,31)/b28-18-. The molecule has 0 aliphatic carbocycles. The van der Waals surface area contributed by atoms with Crippen molar-refractivity contribution in [3.05, 3.63) is 95.0 Å². The first kappa shape index (κ1) is 24.9. The molecule has 0 unspecified atom stereocenters. The number of halogens is 1. The third kappa shape index (κ3) is 6.48. The van der Waals surface area contributed by atoms with Crippen LogP contribution in [0.3, 0.4) is 0 Å². The normalized spacial score (nSPS) is 15.2. The molecule has 9 heteroatoms. The fourth-order valence-electron chi connectivity index (χ4n) is 3.82. The molecule has 0 aromatic heterocycles. The number of hydrogen-bond acceptors (Lipinski definition) is 5. The van der Waals surface area contributed by atoms with E-state index in [1.165, 1.54) is 16.4 Å². The molecule has 0 spiro atoms. The molecule has 3 aromatic rings. The van der Waals surface area contributed by atoms with Crippen LogP contribution in [-0.2, 0) is 21.4 Å². The molecule has 0 radical (unpaired) electrons. The maximum absolute atomic E-state index is 12.8. The topological polar surface area (TPSA) is 88.1 Å². The Morgan fingerprint density at radius 2 is 1.66 bits per heavy atom. The van der Waals surface area contributed by atoms with Gasteiger partial charge in [-0.15, -0.1) is 0 Å². The van der Waals surface area contributed by atoms with Gasteiger partial charge in [0.1, 0.15) is 12.4 Å². The Morgan fingerprint density at radius 1 is 1.00 bits per heavy atom. The van der Waals surface area contributed by atoms with Gasteiger partial charge in [-0.3, -0.25) is 4.79 Å². The van der Waals surface area contributed by atoms with Crippen LogP contribution >= 0.6 is 11.6 Å². The van der Waals surface area contributed by atoms with Gasteiger partial charge >= 0.3 is 0 Å². The molecule has 1 amide bonds. The third-order valence-corrected chi connectivity index (χ3v) is 7.98. The molecule has 1 aliphatic heterocycles. The number of hydrogen-bond donors (Lipinski definition) is 1. The smallest absolute Gasteiger partial charge is 0.243 e. The Balaban J connectivity index is 1.30. The van der Waals surface area contributed by atoms with Crippen molar-refractivity contribution in [2.75, 3.05) is 13.1 Å². The van der Waals surface area contributed by atoms with E-state index < -0.39 is 10.0 Å². The highest BCUT2D eigenvalue weighted by Crippen LogP contribution is 2.25. The third-order valence-electron chi connectivity index (χ3n) is 5.81. The number of nitrogens with one attached hydrogen (secondary N) is 1. The van der Waals surface area contributed by atoms with Crippen LogP contribution < -0.4 is 10.2 Å². The van der Waals surface area contributed by atoms with Crippen molar-refractivity contribution >= 4 is 33.7 Å². The highest BCUT2D eigenvalue weighted by Gasteiger charge is 2.32. The number of amides is 1. The molecule has 1 fully saturated rings. The van der Waals surface area contributed by atoms with Gasteiger partial charge in [-0.2, -0.15) is 9.41 Å². The Morgan fingerprint density at radius 3 is 2.37 bits per heavy atom. The molecule has 182 valence electrons. The van der Waals surface area contributed by atoms with Gasteiger partial charge in [0.2, 0.25) is 15.9 Å². The molecule has 1 aliphatic rings. The van der Waals surface area contributed by atoms with Crippen molar-refractivity contribution in [1.82, 2.24) is 9.73 Å². The van der Waals surface area contributed by atoms with Crippen LogP contribution in [0.4, 0.5) is 0 Å². The number of para-hydroxylation sites is 1. The van der Waals surface area contributed by atoms with E-state index in [4.69, 9.17) is 16.3 Å². The van der Waals surface area contributed by atoms with E-state index in [0.29, 0.717) is 30.2 Å². The lowest BCUT2D eigenvalue weighted by Gasteiger charge is -2.30. The number of rotatable bonds is 8. The second kappa shape index (κ2) is 11.5. The lowest BCUT2D eigenvalue weighted by atomic mass is 9.98. The van der Waals surface area contributed by atoms with E-state index in [1.807, 2.05) is 54.6 Å². The molecule has 1 N–H and O–H groups in total. The summed E-state index contributed by atoms with van der Waals surface area (Å²) in [4.78, 5) is 12.8. The molecular formula is C26H26ClN3O4S. The van der Waals surface area contributed by atoms with Crippen LogP contribution in [0, 0.1) is 5.92 Å². The van der Waals surface area contributed by atoms with Crippen molar-refractivity contribution in [2.45, 2.75) is 24.3 Å². The average molecular weight is 512 g/mol. The van der Waals surface area contributed by atoms with Crippen LogP contribution in [0.15, 0.2) is 88.9 Å². The van der Waals surface area contributed by atoms with Gasteiger partial charge in [-0.05, 0) is 54.8 Å². The number of sulfonamides is 1. The molecule has 35 heavy (non-hydrogen) atoms. The number of hydrazone groups is 1. The van der Waals surface area contributed by atoms with Crippen LogP contribution in [-0.4, -0.2) is 37.9 Å². The Hall–Kier alpha value is -3.20. The Labute approximate surface area is 210 Å². The molecule has 1 heterocycles. The van der Waals surface area contributed by atoms with Gasteiger partial charge < -0.3 is 4.74 Å². The quantitative estimate of drug-likeness (QED) is 0.357. The number of benzene rings is 3. The summed E-state index contributed by atoms with van der Waals surface area (Å²) in [7, 11) is -3.61. The van der Waals surface area contributed by atoms with Crippen LogP contribution in [0.1, 0.15) is 24.0 Å². The molecule has 3 aromatic carbocycles. The van der Waals surface area contributed by atoms with E-state index in [-0.39, 0.29) is 29.8 Å². The lowest BCUT2D eigenvalue weighted by molar-refractivity contribution is -0.126. The summed E-state index contributed by atoms with van der Waals surface area (Å²) in [6.45, 7) is 0.960. The van der Waals surface area contributed by atoms with Crippen LogP contribution in [0.25, 0.3) is 0 Å². The zero-order valence-electron chi connectivity index (χ0n) is 19.0. The fourth-order valence-corrected chi connectivity index (χ4v) is 5.42. The molecule has 0 saturated carbocycles. The largest absolute Gasteiger partial charge is 0.488 e. The van der Waals surface area contributed by atoms with E-state index >= 15 is 0 Å². The molecular weight excluding hydrogens is 486 g/mol. The second-order valence-electron chi connectivity index (χ2n) is 8.18. The highest BCUT2D eigenvalue weighted by atomic mass is 35.5. The fraction of sp³-hybridized carbons (Fsp3) is 0.231. The maximum Gasteiger partial charge on any atom is 0.243 e. The van der Waals surface area contributed by atoms with E-state index in [9.17, 15) is 13.2 Å². The predicted octanol–water partition coefficient (Wildman–Crippen LogP) is 4.47. The molecule has 1 saturated heterocycles. The zero-order valence-corrected chi connectivity index (χ0v) is 20.6. The van der Waals surface area contributed by atoms with Gasteiger partial charge in [-0.25, -0.2) is 13.8 Å². The van der Waals surface area contributed by atoms with Crippen molar-refractivity contribution in [1.29, 1.82) is 0 Å². The van der Waals surface area contributed by atoms with Crippen molar-refractivity contribution in [2.24, 2.45) is 11.0 Å². The zero-order chi connectivity index (χ0) is 24.7. The second-order valence-corrected chi connectivity index (χ2v) is 10.6. The maximum atomic E-state index is 12.8. The summed E-state index contributed by atoms with van der Waals surface area (Å²) in [5, 5.41) is 4.58. The minimum absolute atomic E-state index is 0.197. The van der Waals surface area contributed by atoms with Gasteiger partial charge in [0.15, 0.2) is 0 Å². The number of ether oxygens (including phenoxy) is 1. The number of piperidine rings is 1. The van der Waals surface area contributed by atoms with Crippen molar-refractivity contribution < 1.29 is 17.9 Å². The van der Waals surface area contributed by atoms with E-state index in [1.54, 1.807) is 18.3 Å². The first-order valence-corrected chi connectivity index (χ1v) is 13.1. The van der Waals surface area contributed by atoms with Crippen molar-refractivity contribution in [3.8, 4) is 5.75 Å². The van der Waals surface area contributed by atoms with Gasteiger partial charge in [0.05, 0.1) is 11.1 Å². The summed E-state index contributed by atoms with van der Waals surface area (Å²) >= 11 is 5.86. The highest BCUT2D eigenvalue weighted by molar-refractivity contribution is 7.89. The van der Waals surface area contributed by atoms with Gasteiger partial charge in [0, 0.05) is 29.6 Å². The Bertz CT molecular complexity index is 1270. The minimum Gasteiger partial charge on any atom is -0.488 e. The summed E-state index contributed by atoms with van der Waals surface area (Å²) in [6, 6.07) is 23.4. The monoisotopic (exact) mass is 511 g/mol. The van der Waals surface area contributed by atoms with E-state index in [2.05, 4.69) is 10.5 Å². The average Bonchev–Trinajstić information content (AvgIpc) is 2.89. The molecule has 4 rings (SSSR count). The molecule has 0 atom stereocenters.